The van der Waals surface area contributed by atoms with Gasteiger partial charge in [-0.05, 0) is 6.54 Å². The second-order valence-corrected chi connectivity index (χ2v) is 4.40. The Bertz CT molecular complexity index is 250. The molecule has 1 heterocycles. The van der Waals surface area contributed by atoms with E-state index >= 15 is 0 Å². The maximum atomic E-state index is 12.2. The van der Waals surface area contributed by atoms with Crippen molar-refractivity contribution in [3.05, 3.63) is 0 Å². The van der Waals surface area contributed by atoms with Crippen LogP contribution in [0.4, 0.5) is 0 Å². The Hall–Kier alpha value is -0.690. The molecule has 0 aromatic rings. The third-order valence-corrected chi connectivity index (χ3v) is 3.05. The molecule has 1 rings (SSSR count). The number of hydrogen-bond acceptors (Lipinski definition) is 5. The number of hydrogen-bond donors (Lipinski definition) is 2. The fraction of sp³-hybridized carbons (Fsp3) is 0.917. The van der Waals surface area contributed by atoms with E-state index in [9.17, 15) is 4.79 Å². The van der Waals surface area contributed by atoms with Crippen molar-refractivity contribution in [3.63, 3.8) is 0 Å². The number of carbonyl (C=O) groups is 1. The number of likely N-dealkylation sites (N-methyl/N-ethyl adjacent to an activating group) is 2. The predicted octanol–water partition coefficient (Wildman–Crippen LogP) is -0.922. The van der Waals surface area contributed by atoms with E-state index in [4.69, 9.17) is 14.6 Å². The molecule has 0 spiro atoms. The summed E-state index contributed by atoms with van der Waals surface area (Å²) < 4.78 is 10.5. The lowest BCUT2D eigenvalue weighted by Crippen LogP contribution is -2.45. The zero-order valence-corrected chi connectivity index (χ0v) is 11.2. The molecule has 0 aliphatic carbocycles. The predicted molar refractivity (Wildman–Crippen MR) is 67.3 cm³/mol. The van der Waals surface area contributed by atoms with Crippen molar-refractivity contribution in [3.8, 4) is 0 Å². The van der Waals surface area contributed by atoms with E-state index < -0.39 is 0 Å². The third kappa shape index (κ3) is 4.53. The molecular formula is C12H24N2O4. The van der Waals surface area contributed by atoms with Gasteiger partial charge in [0, 0.05) is 19.6 Å². The Morgan fingerprint density at radius 2 is 2.28 bits per heavy atom. The van der Waals surface area contributed by atoms with Crippen LogP contribution in [0.3, 0.4) is 0 Å². The van der Waals surface area contributed by atoms with Gasteiger partial charge in [0.1, 0.15) is 0 Å². The van der Waals surface area contributed by atoms with Crippen molar-refractivity contribution in [2.24, 2.45) is 5.92 Å². The lowest BCUT2D eigenvalue weighted by molar-refractivity contribution is -0.135. The molecule has 0 radical (unpaired) electrons. The molecule has 18 heavy (non-hydrogen) atoms. The quantitative estimate of drug-likeness (QED) is 0.552. The highest BCUT2D eigenvalue weighted by Gasteiger charge is 2.34. The van der Waals surface area contributed by atoms with Crippen LogP contribution in [0.15, 0.2) is 0 Å². The lowest BCUT2D eigenvalue weighted by atomic mass is 10.0. The van der Waals surface area contributed by atoms with Crippen LogP contribution in [-0.4, -0.2) is 75.1 Å². The highest BCUT2D eigenvalue weighted by Crippen LogP contribution is 2.16. The highest BCUT2D eigenvalue weighted by atomic mass is 16.5. The number of nitrogens with zero attached hydrogens (tertiary/aromatic N) is 1. The molecule has 0 aromatic heterocycles. The summed E-state index contributed by atoms with van der Waals surface area (Å²) in [7, 11) is 1.77. The van der Waals surface area contributed by atoms with E-state index in [2.05, 4.69) is 5.32 Å². The van der Waals surface area contributed by atoms with E-state index in [1.165, 1.54) is 0 Å². The summed E-state index contributed by atoms with van der Waals surface area (Å²) in [4.78, 5) is 13.9. The zero-order valence-electron chi connectivity index (χ0n) is 11.2. The summed E-state index contributed by atoms with van der Waals surface area (Å²) in [6, 6.07) is 0.114. The van der Waals surface area contributed by atoms with Gasteiger partial charge in [-0.3, -0.25) is 4.79 Å². The molecule has 6 heteroatoms. The number of aliphatic hydroxyl groups excluding tert-OH is 1. The molecule has 2 atom stereocenters. The minimum absolute atomic E-state index is 0.0105. The van der Waals surface area contributed by atoms with E-state index in [0.29, 0.717) is 33.0 Å². The second kappa shape index (κ2) is 8.42. The van der Waals surface area contributed by atoms with E-state index in [-0.39, 0.29) is 24.5 Å². The van der Waals surface area contributed by atoms with Gasteiger partial charge in [0.25, 0.3) is 0 Å². The third-order valence-electron chi connectivity index (χ3n) is 3.05. The largest absolute Gasteiger partial charge is 0.394 e. The molecule has 1 fully saturated rings. The Morgan fingerprint density at radius 3 is 2.94 bits per heavy atom. The summed E-state index contributed by atoms with van der Waals surface area (Å²) >= 11 is 0. The van der Waals surface area contributed by atoms with Crippen molar-refractivity contribution in [2.45, 2.75) is 13.0 Å². The number of amides is 1. The van der Waals surface area contributed by atoms with Gasteiger partial charge < -0.3 is 24.8 Å². The summed E-state index contributed by atoms with van der Waals surface area (Å²) in [5.74, 6) is -0.0150. The smallest absolute Gasteiger partial charge is 0.229 e. The number of rotatable bonds is 8. The van der Waals surface area contributed by atoms with Gasteiger partial charge in [0.15, 0.2) is 0 Å². The summed E-state index contributed by atoms with van der Waals surface area (Å²) in [6.45, 7) is 5.24. The Balaban J connectivity index is 2.33. The number of nitrogens with one attached hydrogen (secondary N) is 1. The second-order valence-electron chi connectivity index (χ2n) is 4.40. The summed E-state index contributed by atoms with van der Waals surface area (Å²) in [5.41, 5.74) is 0. The van der Waals surface area contributed by atoms with Gasteiger partial charge in [-0.1, -0.05) is 6.92 Å². The van der Waals surface area contributed by atoms with Gasteiger partial charge in [-0.25, -0.2) is 0 Å². The first-order valence-electron chi connectivity index (χ1n) is 6.45. The van der Waals surface area contributed by atoms with Crippen molar-refractivity contribution in [2.75, 3.05) is 53.2 Å². The molecule has 106 valence electrons. The van der Waals surface area contributed by atoms with Crippen LogP contribution < -0.4 is 5.32 Å². The van der Waals surface area contributed by atoms with Gasteiger partial charge in [0.05, 0.1) is 39.0 Å². The molecule has 2 unspecified atom stereocenters. The first kappa shape index (κ1) is 15.4. The topological polar surface area (TPSA) is 71.0 Å². The summed E-state index contributed by atoms with van der Waals surface area (Å²) in [5, 5.41) is 11.8. The molecular weight excluding hydrogens is 236 g/mol. The van der Waals surface area contributed by atoms with Crippen molar-refractivity contribution < 1.29 is 19.4 Å². The van der Waals surface area contributed by atoms with Crippen LogP contribution in [0.1, 0.15) is 6.92 Å². The molecule has 1 aliphatic heterocycles. The number of carbonyl (C=O) groups excluding carboxylic acids is 1. The molecule has 0 aromatic carbocycles. The average molecular weight is 260 g/mol. The van der Waals surface area contributed by atoms with Crippen molar-refractivity contribution >= 4 is 5.91 Å². The highest BCUT2D eigenvalue weighted by molar-refractivity contribution is 5.79. The monoisotopic (exact) mass is 260 g/mol. The van der Waals surface area contributed by atoms with Gasteiger partial charge >= 0.3 is 0 Å². The molecule has 1 saturated heterocycles. The molecule has 1 amide bonds. The Kier molecular flexibility index (Phi) is 7.19. The molecule has 1 aliphatic rings. The maximum absolute atomic E-state index is 12.2. The molecule has 0 saturated carbocycles. The standard InChI is InChI=1S/C12H24N2O4/c1-3-13-11-9-18-8-10(11)12(16)14(2)4-6-17-7-5-15/h10-11,13,15H,3-9H2,1-2H3. The average Bonchev–Trinajstić information content (AvgIpc) is 2.82. The lowest BCUT2D eigenvalue weighted by Gasteiger charge is -2.24. The fourth-order valence-electron chi connectivity index (χ4n) is 2.02. The van der Waals surface area contributed by atoms with Crippen molar-refractivity contribution in [1.29, 1.82) is 0 Å². The molecule has 2 N–H and O–H groups in total. The van der Waals surface area contributed by atoms with Gasteiger partial charge in [-0.15, -0.1) is 0 Å². The Morgan fingerprint density at radius 1 is 1.50 bits per heavy atom. The van der Waals surface area contributed by atoms with Crippen molar-refractivity contribution in [1.82, 2.24) is 10.2 Å². The maximum Gasteiger partial charge on any atom is 0.229 e. The SMILES string of the molecule is CCNC1COCC1C(=O)N(C)CCOCCO. The first-order valence-corrected chi connectivity index (χ1v) is 6.45. The summed E-state index contributed by atoms with van der Waals surface area (Å²) in [6.07, 6.45) is 0. The minimum Gasteiger partial charge on any atom is -0.394 e. The fourth-order valence-corrected chi connectivity index (χ4v) is 2.02. The first-order chi connectivity index (χ1) is 8.70. The van der Waals surface area contributed by atoms with Crippen LogP contribution in [0.5, 0.6) is 0 Å². The Labute approximate surface area is 108 Å². The van der Waals surface area contributed by atoms with E-state index in [0.717, 1.165) is 6.54 Å². The van der Waals surface area contributed by atoms with E-state index in [1.54, 1.807) is 11.9 Å². The number of ether oxygens (including phenoxy) is 2. The van der Waals surface area contributed by atoms with Crippen LogP contribution in [0.2, 0.25) is 0 Å². The minimum atomic E-state index is -0.104. The van der Waals surface area contributed by atoms with Crippen LogP contribution >= 0.6 is 0 Å². The van der Waals surface area contributed by atoms with Crippen LogP contribution in [-0.2, 0) is 14.3 Å². The normalized spacial score (nSPS) is 23.3. The zero-order chi connectivity index (χ0) is 13.4. The molecule has 6 nitrogen and oxygen atoms in total. The van der Waals surface area contributed by atoms with Gasteiger partial charge in [-0.2, -0.15) is 0 Å². The number of aliphatic hydroxyl groups is 1. The van der Waals surface area contributed by atoms with Gasteiger partial charge in [0.2, 0.25) is 5.91 Å². The van der Waals surface area contributed by atoms with E-state index in [1.807, 2.05) is 6.92 Å². The van der Waals surface area contributed by atoms with Crippen LogP contribution in [0, 0.1) is 5.92 Å². The molecule has 0 bridgehead atoms. The van der Waals surface area contributed by atoms with Crippen LogP contribution in [0.25, 0.3) is 0 Å².